The first-order chi connectivity index (χ1) is 7.38. The summed E-state index contributed by atoms with van der Waals surface area (Å²) >= 11 is 11.4. The van der Waals surface area contributed by atoms with Gasteiger partial charge in [-0.25, -0.2) is 4.39 Å². The van der Waals surface area contributed by atoms with Gasteiger partial charge in [0, 0.05) is 5.88 Å². The van der Waals surface area contributed by atoms with Crippen LogP contribution in [-0.2, 0) is 4.79 Å². The number of hydrogen-bond acceptors (Lipinski definition) is 1. The van der Waals surface area contributed by atoms with Crippen molar-refractivity contribution >= 4 is 34.8 Å². The Morgan fingerprint density at radius 1 is 1.50 bits per heavy atom. The Morgan fingerprint density at radius 2 is 2.12 bits per heavy atom. The van der Waals surface area contributed by atoms with E-state index >= 15 is 0 Å². The summed E-state index contributed by atoms with van der Waals surface area (Å²) in [6.07, 6.45) is 0. The van der Waals surface area contributed by atoms with Crippen LogP contribution < -0.4 is 5.32 Å². The molecular weight excluding hydrogens is 252 g/mol. The first-order valence-electron chi connectivity index (χ1n) is 4.70. The summed E-state index contributed by atoms with van der Waals surface area (Å²) in [5.41, 5.74) is -0.778. The van der Waals surface area contributed by atoms with Crippen molar-refractivity contribution in [3.05, 3.63) is 29.0 Å². The number of carbonyl (C=O) groups excluding carboxylic acids is 1. The third kappa shape index (κ3) is 2.86. The minimum atomic E-state index is -0.771. The van der Waals surface area contributed by atoms with Crippen LogP contribution in [0.15, 0.2) is 18.2 Å². The van der Waals surface area contributed by atoms with Gasteiger partial charge in [-0.05, 0) is 26.0 Å². The highest BCUT2D eigenvalue weighted by atomic mass is 35.5. The van der Waals surface area contributed by atoms with Crippen LogP contribution in [0.25, 0.3) is 0 Å². The molecule has 0 heterocycles. The number of para-hydroxylation sites is 1. The molecule has 0 saturated heterocycles. The lowest BCUT2D eigenvalue weighted by Crippen LogP contribution is -2.32. The molecule has 0 saturated carbocycles. The minimum Gasteiger partial charge on any atom is -0.322 e. The second-order valence-corrected chi connectivity index (χ2v) is 4.74. The average molecular weight is 264 g/mol. The van der Waals surface area contributed by atoms with E-state index < -0.39 is 11.2 Å². The molecule has 88 valence electrons. The number of halogens is 3. The second kappa shape index (κ2) is 5.02. The van der Waals surface area contributed by atoms with Gasteiger partial charge >= 0.3 is 0 Å². The SMILES string of the molecule is CC(C)(CCl)C(=O)Nc1c(F)cccc1Cl. The smallest absolute Gasteiger partial charge is 0.231 e. The van der Waals surface area contributed by atoms with E-state index in [1.807, 2.05) is 0 Å². The zero-order valence-electron chi connectivity index (χ0n) is 8.98. The van der Waals surface area contributed by atoms with Crippen molar-refractivity contribution in [2.75, 3.05) is 11.2 Å². The minimum absolute atomic E-state index is 0.00708. The Balaban J connectivity index is 2.94. The zero-order valence-corrected chi connectivity index (χ0v) is 10.5. The summed E-state index contributed by atoms with van der Waals surface area (Å²) in [7, 11) is 0. The van der Waals surface area contributed by atoms with Gasteiger partial charge in [0.15, 0.2) is 0 Å². The molecule has 1 N–H and O–H groups in total. The summed E-state index contributed by atoms with van der Waals surface area (Å²) < 4.78 is 13.4. The fourth-order valence-corrected chi connectivity index (χ4v) is 1.29. The Kier molecular flexibility index (Phi) is 4.16. The van der Waals surface area contributed by atoms with Gasteiger partial charge in [0.1, 0.15) is 5.82 Å². The first kappa shape index (κ1) is 13.3. The monoisotopic (exact) mass is 263 g/mol. The standard InChI is InChI=1S/C11H12Cl2FNO/c1-11(2,6-12)10(16)15-9-7(13)4-3-5-8(9)14/h3-5H,6H2,1-2H3,(H,15,16). The summed E-state index contributed by atoms with van der Waals surface area (Å²) in [6.45, 7) is 3.34. The molecule has 0 fully saturated rings. The molecule has 1 rings (SSSR count). The summed E-state index contributed by atoms with van der Waals surface area (Å²) in [4.78, 5) is 11.7. The maximum atomic E-state index is 13.4. The number of alkyl halides is 1. The average Bonchev–Trinajstić information content (AvgIpc) is 2.23. The molecule has 1 amide bonds. The number of nitrogens with one attached hydrogen (secondary N) is 1. The number of anilines is 1. The number of carbonyl (C=O) groups is 1. The van der Waals surface area contributed by atoms with E-state index in [-0.39, 0.29) is 22.5 Å². The van der Waals surface area contributed by atoms with Crippen molar-refractivity contribution in [1.29, 1.82) is 0 Å². The van der Waals surface area contributed by atoms with Crippen molar-refractivity contribution in [3.8, 4) is 0 Å². The fraction of sp³-hybridized carbons (Fsp3) is 0.364. The molecule has 16 heavy (non-hydrogen) atoms. The van der Waals surface area contributed by atoms with Crippen LogP contribution in [0.5, 0.6) is 0 Å². The number of rotatable bonds is 3. The highest BCUT2D eigenvalue weighted by molar-refractivity contribution is 6.33. The van der Waals surface area contributed by atoms with E-state index in [1.165, 1.54) is 18.2 Å². The quantitative estimate of drug-likeness (QED) is 0.829. The highest BCUT2D eigenvalue weighted by Gasteiger charge is 2.27. The number of amides is 1. The van der Waals surface area contributed by atoms with Gasteiger partial charge in [-0.2, -0.15) is 0 Å². The molecule has 0 aliphatic carbocycles. The van der Waals surface area contributed by atoms with E-state index in [9.17, 15) is 9.18 Å². The molecule has 0 unspecified atom stereocenters. The maximum absolute atomic E-state index is 13.4. The highest BCUT2D eigenvalue weighted by Crippen LogP contribution is 2.27. The van der Waals surface area contributed by atoms with Gasteiger partial charge in [0.05, 0.1) is 16.1 Å². The molecule has 5 heteroatoms. The number of hydrogen-bond donors (Lipinski definition) is 1. The van der Waals surface area contributed by atoms with Crippen LogP contribution >= 0.6 is 23.2 Å². The Labute approximate surface area is 104 Å². The molecule has 1 aromatic rings. The molecule has 0 bridgehead atoms. The normalized spacial score (nSPS) is 11.3. The van der Waals surface area contributed by atoms with Gasteiger partial charge in [-0.3, -0.25) is 4.79 Å². The third-order valence-electron chi connectivity index (χ3n) is 2.15. The van der Waals surface area contributed by atoms with E-state index in [0.717, 1.165) is 0 Å². The molecule has 0 aliphatic heterocycles. The lowest BCUT2D eigenvalue weighted by Gasteiger charge is -2.20. The molecule has 0 radical (unpaired) electrons. The Morgan fingerprint density at radius 3 is 2.62 bits per heavy atom. The third-order valence-corrected chi connectivity index (χ3v) is 3.13. The van der Waals surface area contributed by atoms with Crippen LogP contribution in [0, 0.1) is 11.2 Å². The van der Waals surface area contributed by atoms with E-state index in [2.05, 4.69) is 5.32 Å². The molecule has 0 spiro atoms. The zero-order chi connectivity index (χ0) is 12.3. The molecule has 2 nitrogen and oxygen atoms in total. The van der Waals surface area contributed by atoms with Gasteiger partial charge in [0.2, 0.25) is 5.91 Å². The van der Waals surface area contributed by atoms with Crippen LogP contribution in [0.3, 0.4) is 0 Å². The van der Waals surface area contributed by atoms with E-state index in [0.29, 0.717) is 0 Å². The molecular formula is C11H12Cl2FNO. The largest absolute Gasteiger partial charge is 0.322 e. The van der Waals surface area contributed by atoms with Crippen molar-refractivity contribution in [2.45, 2.75) is 13.8 Å². The number of benzene rings is 1. The van der Waals surface area contributed by atoms with Gasteiger partial charge in [0.25, 0.3) is 0 Å². The van der Waals surface area contributed by atoms with Gasteiger partial charge < -0.3 is 5.32 Å². The summed E-state index contributed by atoms with van der Waals surface area (Å²) in [5.74, 6) is -0.786. The lowest BCUT2D eigenvalue weighted by atomic mass is 9.95. The predicted octanol–water partition coefficient (Wildman–Crippen LogP) is 3.68. The fourth-order valence-electron chi connectivity index (χ4n) is 0.961. The second-order valence-electron chi connectivity index (χ2n) is 4.07. The summed E-state index contributed by atoms with van der Waals surface area (Å²) in [5, 5.41) is 2.60. The van der Waals surface area contributed by atoms with Crippen molar-refractivity contribution in [1.82, 2.24) is 0 Å². The predicted molar refractivity (Wildman–Crippen MR) is 64.5 cm³/mol. The lowest BCUT2D eigenvalue weighted by molar-refractivity contribution is -0.123. The van der Waals surface area contributed by atoms with Crippen LogP contribution in [0.4, 0.5) is 10.1 Å². The Bertz CT molecular complexity index is 387. The van der Waals surface area contributed by atoms with Crippen molar-refractivity contribution in [2.24, 2.45) is 5.41 Å². The molecule has 0 aromatic heterocycles. The van der Waals surface area contributed by atoms with Crippen LogP contribution in [0.2, 0.25) is 5.02 Å². The van der Waals surface area contributed by atoms with Crippen LogP contribution in [-0.4, -0.2) is 11.8 Å². The topological polar surface area (TPSA) is 29.1 Å². The van der Waals surface area contributed by atoms with Crippen molar-refractivity contribution < 1.29 is 9.18 Å². The van der Waals surface area contributed by atoms with E-state index in [1.54, 1.807) is 13.8 Å². The van der Waals surface area contributed by atoms with Gasteiger partial charge in [-0.15, -0.1) is 11.6 Å². The molecule has 0 atom stereocenters. The Hall–Kier alpha value is -0.800. The van der Waals surface area contributed by atoms with Crippen LogP contribution in [0.1, 0.15) is 13.8 Å². The van der Waals surface area contributed by atoms with E-state index in [4.69, 9.17) is 23.2 Å². The van der Waals surface area contributed by atoms with Gasteiger partial charge in [-0.1, -0.05) is 17.7 Å². The molecule has 0 aliphatic rings. The maximum Gasteiger partial charge on any atom is 0.231 e. The first-order valence-corrected chi connectivity index (χ1v) is 5.61. The summed E-state index contributed by atoms with van der Waals surface area (Å²) in [6, 6.07) is 4.21. The molecule has 1 aromatic carbocycles. The van der Waals surface area contributed by atoms with Crippen molar-refractivity contribution in [3.63, 3.8) is 0 Å².